The van der Waals surface area contributed by atoms with E-state index in [0.717, 1.165) is 38.5 Å². The van der Waals surface area contributed by atoms with Gasteiger partial charge in [-0.1, -0.05) is 243 Å². The van der Waals surface area contributed by atoms with Crippen molar-refractivity contribution in [2.24, 2.45) is 0 Å². The second-order valence-electron chi connectivity index (χ2n) is 20.6. The summed E-state index contributed by atoms with van der Waals surface area (Å²) in [6.45, 7) is 4.66. The van der Waals surface area contributed by atoms with Crippen molar-refractivity contribution in [3.8, 4) is 0 Å². The van der Waals surface area contributed by atoms with Crippen LogP contribution in [0.15, 0.2) is 36.5 Å². The largest absolute Gasteiger partial charge is 0.756 e. The number of carbonyl (C=O) groups is 1. The van der Waals surface area contributed by atoms with E-state index < -0.39 is 26.6 Å². The maximum Gasteiger partial charge on any atom is 0.268 e. The molecular weight excluding hydrogens is 840 g/mol. The van der Waals surface area contributed by atoms with Gasteiger partial charge in [-0.3, -0.25) is 9.36 Å². The van der Waals surface area contributed by atoms with E-state index in [-0.39, 0.29) is 12.5 Å². The number of hydrogen-bond acceptors (Lipinski definition) is 6. The SMILES string of the molecule is CCCCCCCCCC/C=C\CCCCCCCCCCCCCC(=O)NC(COP(=O)([O-])OCC[N+](C)(C)C)C(O)/C=C/CC/C=C/CCCCCCCCCCCCCCCCC. The molecule has 0 aromatic rings. The van der Waals surface area contributed by atoms with Gasteiger partial charge in [0, 0.05) is 6.42 Å². The van der Waals surface area contributed by atoms with Gasteiger partial charge >= 0.3 is 0 Å². The summed E-state index contributed by atoms with van der Waals surface area (Å²) >= 11 is 0. The second kappa shape index (κ2) is 48.7. The summed E-state index contributed by atoms with van der Waals surface area (Å²) in [4.78, 5) is 25.5. The van der Waals surface area contributed by atoms with Crippen LogP contribution in [0.1, 0.15) is 271 Å². The Kier molecular flexibility index (Phi) is 47.8. The van der Waals surface area contributed by atoms with Crippen molar-refractivity contribution in [2.45, 2.75) is 283 Å². The first kappa shape index (κ1) is 64.7. The number of nitrogens with one attached hydrogen (secondary N) is 1. The van der Waals surface area contributed by atoms with Crippen molar-refractivity contribution in [1.29, 1.82) is 0 Å². The second-order valence-corrected chi connectivity index (χ2v) is 22.0. The van der Waals surface area contributed by atoms with Gasteiger partial charge < -0.3 is 28.8 Å². The highest BCUT2D eigenvalue weighted by Gasteiger charge is 2.23. The molecule has 0 spiro atoms. The van der Waals surface area contributed by atoms with Crippen LogP contribution >= 0.6 is 7.82 Å². The zero-order valence-electron chi connectivity index (χ0n) is 44.4. The molecule has 9 heteroatoms. The van der Waals surface area contributed by atoms with Gasteiger partial charge in [-0.2, -0.15) is 0 Å². The summed E-state index contributed by atoms with van der Waals surface area (Å²) < 4.78 is 23.3. The van der Waals surface area contributed by atoms with E-state index in [9.17, 15) is 19.4 Å². The van der Waals surface area contributed by atoms with Gasteiger partial charge in [0.2, 0.25) is 5.91 Å². The lowest BCUT2D eigenvalue weighted by molar-refractivity contribution is -0.870. The van der Waals surface area contributed by atoms with Crippen molar-refractivity contribution in [1.82, 2.24) is 5.32 Å². The Morgan fingerprint density at radius 3 is 1.23 bits per heavy atom. The number of aliphatic hydroxyl groups is 1. The number of phosphoric ester groups is 1. The van der Waals surface area contributed by atoms with Gasteiger partial charge in [-0.15, -0.1) is 0 Å². The first-order valence-electron chi connectivity index (χ1n) is 28.4. The Bertz CT molecular complexity index is 1170. The fourth-order valence-corrected chi connectivity index (χ4v) is 9.06. The minimum atomic E-state index is -4.60. The normalized spacial score (nSPS) is 14.2. The Labute approximate surface area is 410 Å². The highest BCUT2D eigenvalue weighted by molar-refractivity contribution is 7.45. The molecule has 0 aliphatic heterocycles. The molecule has 3 atom stereocenters. The van der Waals surface area contributed by atoms with E-state index in [4.69, 9.17) is 9.05 Å². The fourth-order valence-electron chi connectivity index (χ4n) is 8.34. The van der Waals surface area contributed by atoms with Gasteiger partial charge in [0.1, 0.15) is 13.2 Å². The predicted molar refractivity (Wildman–Crippen MR) is 284 cm³/mol. The Morgan fingerprint density at radius 2 is 0.848 bits per heavy atom. The van der Waals surface area contributed by atoms with Crippen LogP contribution in [-0.4, -0.2) is 68.5 Å². The van der Waals surface area contributed by atoms with Crippen LogP contribution in [0.5, 0.6) is 0 Å². The molecule has 0 rings (SSSR count). The van der Waals surface area contributed by atoms with Gasteiger partial charge in [0.05, 0.1) is 39.9 Å². The van der Waals surface area contributed by atoms with Gasteiger partial charge in [0.25, 0.3) is 7.82 Å². The molecule has 0 radical (unpaired) electrons. The van der Waals surface area contributed by atoms with Crippen molar-refractivity contribution < 1.29 is 32.9 Å². The Hall–Kier alpha value is -1.28. The zero-order chi connectivity index (χ0) is 48.5. The summed E-state index contributed by atoms with van der Waals surface area (Å²) in [5.74, 6) is -0.205. The summed E-state index contributed by atoms with van der Waals surface area (Å²) in [6, 6.07) is -0.903. The van der Waals surface area contributed by atoms with Gasteiger partial charge in [-0.25, -0.2) is 0 Å². The number of quaternary nitrogens is 1. The summed E-state index contributed by atoms with van der Waals surface area (Å²) in [6.07, 6.45) is 62.2. The number of unbranched alkanes of at least 4 members (excludes halogenated alkanes) is 35. The average molecular weight is 951 g/mol. The van der Waals surface area contributed by atoms with Crippen LogP contribution in [-0.2, 0) is 18.4 Å². The third-order valence-corrected chi connectivity index (χ3v) is 13.8. The summed E-state index contributed by atoms with van der Waals surface area (Å²) in [5, 5.41) is 13.9. The van der Waals surface area contributed by atoms with Crippen LogP contribution in [0.2, 0.25) is 0 Å². The van der Waals surface area contributed by atoms with Crippen LogP contribution in [0.4, 0.5) is 0 Å². The van der Waals surface area contributed by atoms with E-state index in [1.165, 1.54) is 212 Å². The molecule has 0 aromatic heterocycles. The molecule has 1 amide bonds. The number of phosphoric acid groups is 1. The molecule has 0 aromatic carbocycles. The molecule has 0 saturated heterocycles. The number of nitrogens with zero attached hydrogens (tertiary/aromatic N) is 1. The Balaban J connectivity index is 4.26. The molecule has 390 valence electrons. The van der Waals surface area contributed by atoms with E-state index >= 15 is 0 Å². The molecule has 0 heterocycles. The highest BCUT2D eigenvalue weighted by Crippen LogP contribution is 2.38. The maximum atomic E-state index is 13.0. The zero-order valence-corrected chi connectivity index (χ0v) is 45.3. The molecule has 0 aliphatic rings. The Morgan fingerprint density at radius 1 is 0.515 bits per heavy atom. The summed E-state index contributed by atoms with van der Waals surface area (Å²) in [7, 11) is 1.25. The molecule has 66 heavy (non-hydrogen) atoms. The molecule has 0 fully saturated rings. The third kappa shape index (κ3) is 50.6. The first-order chi connectivity index (χ1) is 32.0. The number of aliphatic hydroxyl groups excluding tert-OH is 1. The number of rotatable bonds is 52. The molecule has 8 nitrogen and oxygen atoms in total. The van der Waals surface area contributed by atoms with E-state index in [1.807, 2.05) is 27.2 Å². The number of allylic oxidation sites excluding steroid dienone is 5. The smallest absolute Gasteiger partial charge is 0.268 e. The fraction of sp³-hybridized carbons (Fsp3) is 0.877. The summed E-state index contributed by atoms with van der Waals surface area (Å²) in [5.41, 5.74) is 0. The lowest BCUT2D eigenvalue weighted by Gasteiger charge is -2.29. The van der Waals surface area contributed by atoms with Crippen molar-refractivity contribution in [3.63, 3.8) is 0 Å². The van der Waals surface area contributed by atoms with Crippen molar-refractivity contribution in [2.75, 3.05) is 40.9 Å². The molecule has 2 N–H and O–H groups in total. The monoisotopic (exact) mass is 951 g/mol. The van der Waals surface area contributed by atoms with Gasteiger partial charge in [0.15, 0.2) is 0 Å². The number of hydrogen-bond donors (Lipinski definition) is 2. The molecule has 0 aliphatic carbocycles. The first-order valence-corrected chi connectivity index (χ1v) is 29.8. The van der Waals surface area contributed by atoms with Crippen LogP contribution in [0.3, 0.4) is 0 Å². The molecule has 3 unspecified atom stereocenters. The standard InChI is InChI=1S/C57H111N2O6P/c1-6-8-10-12-14-16-18-20-22-24-26-28-29-31-33-35-37-39-41-43-45-47-49-51-57(61)58-55(54-65-66(62,63)64-53-52-59(3,4)5)56(60)50-48-46-44-42-40-38-36-34-32-30-27-25-23-21-19-17-15-13-11-9-7-2/h24,26,40,42,48,50,55-56,60H,6-23,25,27-39,41,43-47,49,51-54H2,1-5H3,(H-,58,61,62,63)/b26-24-,42-40+,50-48+. The van der Waals surface area contributed by atoms with Crippen LogP contribution in [0, 0.1) is 0 Å². The average Bonchev–Trinajstić information content (AvgIpc) is 3.28. The number of carbonyl (C=O) groups excluding carboxylic acids is 1. The van der Waals surface area contributed by atoms with E-state index in [1.54, 1.807) is 6.08 Å². The van der Waals surface area contributed by atoms with E-state index in [2.05, 4.69) is 43.5 Å². The highest BCUT2D eigenvalue weighted by atomic mass is 31.2. The topological polar surface area (TPSA) is 108 Å². The molecular formula is C57H111N2O6P. The number of amides is 1. The lowest BCUT2D eigenvalue weighted by atomic mass is 10.0. The quantitative estimate of drug-likeness (QED) is 0.0272. The van der Waals surface area contributed by atoms with Crippen molar-refractivity contribution in [3.05, 3.63) is 36.5 Å². The van der Waals surface area contributed by atoms with E-state index in [0.29, 0.717) is 17.4 Å². The number of likely N-dealkylation sites (N-methyl/N-ethyl adjacent to an activating group) is 1. The van der Waals surface area contributed by atoms with Gasteiger partial charge in [-0.05, 0) is 57.8 Å². The minimum absolute atomic E-state index is 0.00569. The molecule has 0 saturated carbocycles. The van der Waals surface area contributed by atoms with Crippen molar-refractivity contribution >= 4 is 13.7 Å². The predicted octanol–water partition coefficient (Wildman–Crippen LogP) is 16.4. The van der Waals surface area contributed by atoms with Crippen LogP contribution in [0.25, 0.3) is 0 Å². The maximum absolute atomic E-state index is 13.0. The third-order valence-electron chi connectivity index (χ3n) is 12.8. The van der Waals surface area contributed by atoms with Crippen LogP contribution < -0.4 is 10.2 Å². The minimum Gasteiger partial charge on any atom is -0.756 e. The molecule has 0 bridgehead atoms. The lowest BCUT2D eigenvalue weighted by Crippen LogP contribution is -2.45.